The summed E-state index contributed by atoms with van der Waals surface area (Å²) < 4.78 is 0. The van der Waals surface area contributed by atoms with Crippen LogP contribution in [0.15, 0.2) is 48.7 Å². The Labute approximate surface area is 101 Å². The fraction of sp³-hybridized carbons (Fsp3) is 0.267. The molecule has 1 aromatic carbocycles. The van der Waals surface area contributed by atoms with Crippen LogP contribution in [0.25, 0.3) is 10.9 Å². The van der Waals surface area contributed by atoms with Crippen molar-refractivity contribution in [2.75, 3.05) is 5.32 Å². The second kappa shape index (κ2) is 4.58. The van der Waals surface area contributed by atoms with Crippen molar-refractivity contribution in [3.8, 4) is 0 Å². The van der Waals surface area contributed by atoms with Gasteiger partial charge >= 0.3 is 0 Å². The first-order valence-corrected chi connectivity index (χ1v) is 6.19. The lowest BCUT2D eigenvalue weighted by atomic mass is 10.0. The molecule has 3 rings (SSSR count). The number of fused-ring (bicyclic) bond motifs is 1. The number of pyridine rings is 1. The molecule has 0 amide bonds. The molecule has 0 radical (unpaired) electrons. The molecule has 1 unspecified atom stereocenters. The molecule has 2 nitrogen and oxygen atoms in total. The summed E-state index contributed by atoms with van der Waals surface area (Å²) in [4.78, 5) is 4.38. The van der Waals surface area contributed by atoms with E-state index in [-0.39, 0.29) is 0 Å². The molecule has 0 fully saturated rings. The highest BCUT2D eigenvalue weighted by molar-refractivity contribution is 5.90. The zero-order valence-electron chi connectivity index (χ0n) is 9.76. The Morgan fingerprint density at radius 2 is 2.06 bits per heavy atom. The Hall–Kier alpha value is -1.83. The number of benzene rings is 1. The number of nitrogens with one attached hydrogen (secondary N) is 1. The van der Waals surface area contributed by atoms with Gasteiger partial charge in [-0.3, -0.25) is 4.98 Å². The number of aromatic nitrogens is 1. The molecule has 1 aromatic heterocycles. The van der Waals surface area contributed by atoms with Crippen molar-refractivity contribution in [3.63, 3.8) is 0 Å². The minimum Gasteiger partial charge on any atom is -0.381 e. The van der Waals surface area contributed by atoms with Gasteiger partial charge in [0.05, 0.1) is 5.52 Å². The molecule has 1 aliphatic carbocycles. The van der Waals surface area contributed by atoms with Crippen LogP contribution in [0.4, 0.5) is 5.69 Å². The van der Waals surface area contributed by atoms with Crippen molar-refractivity contribution in [1.82, 2.24) is 4.98 Å². The van der Waals surface area contributed by atoms with Gasteiger partial charge in [-0.05, 0) is 31.4 Å². The van der Waals surface area contributed by atoms with Gasteiger partial charge in [-0.1, -0.05) is 30.4 Å². The number of rotatable bonds is 2. The lowest BCUT2D eigenvalue weighted by Crippen LogP contribution is -2.20. The van der Waals surface area contributed by atoms with Crippen LogP contribution in [0.1, 0.15) is 19.3 Å². The third-order valence-electron chi connectivity index (χ3n) is 3.28. The highest BCUT2D eigenvalue weighted by Crippen LogP contribution is 2.24. The van der Waals surface area contributed by atoms with Crippen molar-refractivity contribution < 1.29 is 0 Å². The van der Waals surface area contributed by atoms with E-state index in [1.54, 1.807) is 0 Å². The molecule has 0 aliphatic heterocycles. The number of anilines is 1. The molecule has 0 bridgehead atoms. The van der Waals surface area contributed by atoms with E-state index in [2.05, 4.69) is 46.7 Å². The van der Waals surface area contributed by atoms with Crippen molar-refractivity contribution in [3.05, 3.63) is 48.7 Å². The highest BCUT2D eigenvalue weighted by Gasteiger charge is 2.10. The van der Waals surface area contributed by atoms with Gasteiger partial charge < -0.3 is 5.32 Å². The quantitative estimate of drug-likeness (QED) is 0.786. The Kier molecular flexibility index (Phi) is 2.78. The second-order valence-corrected chi connectivity index (χ2v) is 4.50. The number of hydrogen-bond donors (Lipinski definition) is 1. The maximum atomic E-state index is 4.38. The maximum absolute atomic E-state index is 4.38. The number of para-hydroxylation sites is 1. The Morgan fingerprint density at radius 3 is 2.94 bits per heavy atom. The van der Waals surface area contributed by atoms with Crippen molar-refractivity contribution in [1.29, 1.82) is 0 Å². The summed E-state index contributed by atoms with van der Waals surface area (Å²) in [7, 11) is 0. The molecule has 1 aliphatic rings. The van der Waals surface area contributed by atoms with Gasteiger partial charge in [0.15, 0.2) is 0 Å². The van der Waals surface area contributed by atoms with Crippen molar-refractivity contribution in [2.45, 2.75) is 25.3 Å². The van der Waals surface area contributed by atoms with E-state index in [4.69, 9.17) is 0 Å². The number of hydrogen-bond acceptors (Lipinski definition) is 2. The molecule has 1 heterocycles. The van der Waals surface area contributed by atoms with Crippen LogP contribution in [0.5, 0.6) is 0 Å². The van der Waals surface area contributed by atoms with Crippen LogP contribution in [0.2, 0.25) is 0 Å². The molecule has 17 heavy (non-hydrogen) atoms. The zero-order chi connectivity index (χ0) is 11.5. The third-order valence-corrected chi connectivity index (χ3v) is 3.28. The van der Waals surface area contributed by atoms with Crippen molar-refractivity contribution >= 4 is 16.6 Å². The maximum Gasteiger partial charge on any atom is 0.0722 e. The standard InChI is InChI=1S/C15H16N2/c1-2-6-12(7-3-1)17-15-10-11-16-14-9-5-4-8-13(14)15/h1-2,4-5,8-12H,3,6-7H2,(H,16,17). The minimum absolute atomic E-state index is 0.561. The van der Waals surface area contributed by atoms with E-state index in [1.165, 1.54) is 23.9 Å². The Morgan fingerprint density at radius 1 is 1.12 bits per heavy atom. The SMILES string of the molecule is C1=CCC(Nc2ccnc3ccccc23)CC1. The summed E-state index contributed by atoms with van der Waals surface area (Å²) in [5.41, 5.74) is 2.26. The summed E-state index contributed by atoms with van der Waals surface area (Å²) in [6, 6.07) is 10.9. The minimum atomic E-state index is 0.561. The molecular weight excluding hydrogens is 208 g/mol. The van der Waals surface area contributed by atoms with Crippen LogP contribution >= 0.6 is 0 Å². The first kappa shape index (κ1) is 10.3. The number of allylic oxidation sites excluding steroid dienone is 1. The van der Waals surface area contributed by atoms with Gasteiger partial charge in [-0.25, -0.2) is 0 Å². The third kappa shape index (κ3) is 2.16. The topological polar surface area (TPSA) is 24.9 Å². The number of nitrogens with zero attached hydrogens (tertiary/aromatic N) is 1. The van der Waals surface area contributed by atoms with E-state index in [1.807, 2.05) is 12.3 Å². The highest BCUT2D eigenvalue weighted by atomic mass is 14.9. The lowest BCUT2D eigenvalue weighted by Gasteiger charge is -2.21. The summed E-state index contributed by atoms with van der Waals surface area (Å²) in [5.74, 6) is 0. The van der Waals surface area contributed by atoms with E-state index in [0.29, 0.717) is 6.04 Å². The van der Waals surface area contributed by atoms with Gasteiger partial charge in [-0.15, -0.1) is 0 Å². The molecule has 2 aromatic rings. The predicted molar refractivity (Wildman–Crippen MR) is 72.1 cm³/mol. The van der Waals surface area contributed by atoms with Gasteiger partial charge in [0.25, 0.3) is 0 Å². The van der Waals surface area contributed by atoms with Crippen LogP contribution in [-0.4, -0.2) is 11.0 Å². The normalized spacial score (nSPS) is 19.4. The molecule has 0 saturated carbocycles. The average Bonchev–Trinajstić information content (AvgIpc) is 2.40. The summed E-state index contributed by atoms with van der Waals surface area (Å²) >= 11 is 0. The van der Waals surface area contributed by atoms with Crippen molar-refractivity contribution in [2.24, 2.45) is 0 Å². The van der Waals surface area contributed by atoms with E-state index >= 15 is 0 Å². The van der Waals surface area contributed by atoms with Gasteiger partial charge in [0, 0.05) is 23.3 Å². The molecular formula is C15H16N2. The zero-order valence-corrected chi connectivity index (χ0v) is 9.76. The van der Waals surface area contributed by atoms with Crippen LogP contribution < -0.4 is 5.32 Å². The monoisotopic (exact) mass is 224 g/mol. The molecule has 1 N–H and O–H groups in total. The summed E-state index contributed by atoms with van der Waals surface area (Å²) in [5, 5.41) is 4.85. The Balaban J connectivity index is 1.92. The largest absolute Gasteiger partial charge is 0.381 e. The fourth-order valence-electron chi connectivity index (χ4n) is 2.37. The fourth-order valence-corrected chi connectivity index (χ4v) is 2.37. The average molecular weight is 224 g/mol. The molecule has 0 saturated heterocycles. The molecule has 2 heteroatoms. The lowest BCUT2D eigenvalue weighted by molar-refractivity contribution is 0.645. The van der Waals surface area contributed by atoms with E-state index < -0.39 is 0 Å². The van der Waals surface area contributed by atoms with Crippen LogP contribution in [-0.2, 0) is 0 Å². The smallest absolute Gasteiger partial charge is 0.0722 e. The van der Waals surface area contributed by atoms with Crippen LogP contribution in [0, 0.1) is 0 Å². The van der Waals surface area contributed by atoms with E-state index in [0.717, 1.165) is 11.9 Å². The summed E-state index contributed by atoms with van der Waals surface area (Å²) in [6.45, 7) is 0. The summed E-state index contributed by atoms with van der Waals surface area (Å²) in [6.07, 6.45) is 9.93. The molecule has 86 valence electrons. The predicted octanol–water partition coefficient (Wildman–Crippen LogP) is 3.76. The van der Waals surface area contributed by atoms with E-state index in [9.17, 15) is 0 Å². The van der Waals surface area contributed by atoms with Gasteiger partial charge in [0.1, 0.15) is 0 Å². The Bertz CT molecular complexity index is 540. The van der Waals surface area contributed by atoms with Gasteiger partial charge in [-0.2, -0.15) is 0 Å². The van der Waals surface area contributed by atoms with Gasteiger partial charge in [0.2, 0.25) is 0 Å². The first-order chi connectivity index (χ1) is 8.43. The first-order valence-electron chi connectivity index (χ1n) is 6.19. The van der Waals surface area contributed by atoms with Crippen LogP contribution in [0.3, 0.4) is 0 Å². The molecule has 0 spiro atoms. The second-order valence-electron chi connectivity index (χ2n) is 4.50. The molecule has 1 atom stereocenters.